The summed E-state index contributed by atoms with van der Waals surface area (Å²) in [5.41, 5.74) is -0.299. The molecule has 0 radical (unpaired) electrons. The molecule has 4 nitrogen and oxygen atoms in total. The first-order valence-electron chi connectivity index (χ1n) is 5.80. The van der Waals surface area contributed by atoms with Gasteiger partial charge in [0, 0.05) is 6.54 Å². The Hall–Kier alpha value is -1.06. The van der Waals surface area contributed by atoms with E-state index < -0.39 is 0 Å². The van der Waals surface area contributed by atoms with E-state index >= 15 is 0 Å². The van der Waals surface area contributed by atoms with Gasteiger partial charge in [-0.15, -0.1) is 0 Å². The number of carbonyl (C=O) groups excluding carboxylic acids is 1. The molecular formula is C11H19N3O. The molecule has 1 saturated carbocycles. The Balaban J connectivity index is 2.33. The summed E-state index contributed by atoms with van der Waals surface area (Å²) < 4.78 is 0. The lowest BCUT2D eigenvalue weighted by Crippen LogP contribution is -2.51. The van der Waals surface area contributed by atoms with Crippen LogP contribution in [-0.4, -0.2) is 28.9 Å². The van der Waals surface area contributed by atoms with Crippen LogP contribution in [0.1, 0.15) is 39.5 Å². The molecule has 0 aromatic rings. The Morgan fingerprint density at radius 1 is 1.67 bits per heavy atom. The minimum atomic E-state index is -0.299. The van der Waals surface area contributed by atoms with Crippen molar-refractivity contribution in [2.45, 2.75) is 45.1 Å². The summed E-state index contributed by atoms with van der Waals surface area (Å²) in [5, 5.41) is 10.7. The van der Waals surface area contributed by atoms with Gasteiger partial charge in [0.2, 0.25) is 0 Å². The standard InChI is InChI=1S/C11H19N3O/c1-3-7-14-10(15)13-9(12)11(14)6-4-5-8(11)2/h8H,3-7H2,1-2H3,(H2,12,13,15). The summed E-state index contributed by atoms with van der Waals surface area (Å²) in [6.45, 7) is 4.99. The Morgan fingerprint density at radius 3 is 2.93 bits per heavy atom. The first-order valence-corrected chi connectivity index (χ1v) is 5.80. The quantitative estimate of drug-likeness (QED) is 0.717. The molecule has 4 heteroatoms. The van der Waals surface area contributed by atoms with Crippen LogP contribution in [0.5, 0.6) is 0 Å². The van der Waals surface area contributed by atoms with Gasteiger partial charge in [0.25, 0.3) is 0 Å². The molecule has 2 rings (SSSR count). The molecule has 15 heavy (non-hydrogen) atoms. The predicted molar refractivity (Wildman–Crippen MR) is 59.0 cm³/mol. The average Bonchev–Trinajstić information content (AvgIpc) is 2.66. The van der Waals surface area contributed by atoms with E-state index in [1.54, 1.807) is 0 Å². The lowest BCUT2D eigenvalue weighted by atomic mass is 9.86. The largest absolute Gasteiger partial charge is 0.323 e. The van der Waals surface area contributed by atoms with Crippen LogP contribution >= 0.6 is 0 Å². The molecule has 2 unspecified atom stereocenters. The molecule has 2 N–H and O–H groups in total. The van der Waals surface area contributed by atoms with Crippen LogP contribution in [0.2, 0.25) is 0 Å². The Kier molecular flexibility index (Phi) is 2.44. The van der Waals surface area contributed by atoms with E-state index in [1.807, 2.05) is 4.90 Å². The van der Waals surface area contributed by atoms with E-state index in [4.69, 9.17) is 5.41 Å². The Morgan fingerprint density at radius 2 is 2.40 bits per heavy atom. The van der Waals surface area contributed by atoms with Crippen molar-refractivity contribution in [2.24, 2.45) is 5.92 Å². The van der Waals surface area contributed by atoms with Crippen molar-refractivity contribution < 1.29 is 4.79 Å². The molecule has 1 spiro atoms. The fourth-order valence-corrected chi connectivity index (χ4v) is 3.06. The molecule has 2 fully saturated rings. The normalized spacial score (nSPS) is 35.3. The molecule has 2 aliphatic rings. The van der Waals surface area contributed by atoms with Gasteiger partial charge in [-0.25, -0.2) is 4.79 Å². The SMILES string of the molecule is CCCN1C(=O)NC(=N)C12CCCC2C. The number of hydrogen-bond donors (Lipinski definition) is 2. The van der Waals surface area contributed by atoms with Crippen LogP contribution < -0.4 is 5.32 Å². The molecule has 1 aliphatic carbocycles. The fourth-order valence-electron chi connectivity index (χ4n) is 3.06. The summed E-state index contributed by atoms with van der Waals surface area (Å²) in [5.74, 6) is 0.835. The zero-order valence-corrected chi connectivity index (χ0v) is 9.47. The number of hydrogen-bond acceptors (Lipinski definition) is 2. The first-order chi connectivity index (χ1) is 7.13. The van der Waals surface area contributed by atoms with Gasteiger partial charge in [-0.2, -0.15) is 0 Å². The second kappa shape index (κ2) is 3.51. The molecule has 84 valence electrons. The summed E-state index contributed by atoms with van der Waals surface area (Å²) in [6, 6.07) is -0.0735. The van der Waals surface area contributed by atoms with Crippen molar-refractivity contribution in [2.75, 3.05) is 6.54 Å². The van der Waals surface area contributed by atoms with Crippen LogP contribution in [0.15, 0.2) is 0 Å². The van der Waals surface area contributed by atoms with Crippen LogP contribution in [0.4, 0.5) is 4.79 Å². The third-order valence-electron chi connectivity index (χ3n) is 3.85. The number of urea groups is 1. The van der Waals surface area contributed by atoms with Crippen LogP contribution in [0, 0.1) is 11.3 Å². The monoisotopic (exact) mass is 209 g/mol. The lowest BCUT2D eigenvalue weighted by Gasteiger charge is -2.36. The maximum absolute atomic E-state index is 11.8. The van der Waals surface area contributed by atoms with Gasteiger partial charge in [-0.3, -0.25) is 10.7 Å². The topological polar surface area (TPSA) is 56.2 Å². The van der Waals surface area contributed by atoms with E-state index in [0.29, 0.717) is 11.8 Å². The second-order valence-electron chi connectivity index (χ2n) is 4.67. The number of rotatable bonds is 2. The predicted octanol–water partition coefficient (Wildman–Crippen LogP) is 1.96. The van der Waals surface area contributed by atoms with E-state index in [9.17, 15) is 4.79 Å². The van der Waals surface area contributed by atoms with Crippen molar-refractivity contribution in [1.29, 1.82) is 5.41 Å². The van der Waals surface area contributed by atoms with Crippen LogP contribution in [0.3, 0.4) is 0 Å². The lowest BCUT2D eigenvalue weighted by molar-refractivity contribution is 0.153. The van der Waals surface area contributed by atoms with Gasteiger partial charge in [0.15, 0.2) is 0 Å². The number of nitrogens with one attached hydrogen (secondary N) is 2. The van der Waals surface area contributed by atoms with Crippen molar-refractivity contribution in [3.8, 4) is 0 Å². The minimum absolute atomic E-state index is 0.0735. The average molecular weight is 209 g/mol. The van der Waals surface area contributed by atoms with E-state index in [1.165, 1.54) is 0 Å². The van der Waals surface area contributed by atoms with E-state index in [0.717, 1.165) is 32.2 Å². The number of carbonyl (C=O) groups is 1. The number of amidine groups is 1. The van der Waals surface area contributed by atoms with Crippen LogP contribution in [-0.2, 0) is 0 Å². The third-order valence-corrected chi connectivity index (χ3v) is 3.85. The number of amides is 2. The molecule has 0 bridgehead atoms. The zero-order chi connectivity index (χ0) is 11.1. The van der Waals surface area contributed by atoms with Gasteiger partial charge >= 0.3 is 6.03 Å². The van der Waals surface area contributed by atoms with Gasteiger partial charge in [-0.1, -0.05) is 20.3 Å². The van der Waals surface area contributed by atoms with Crippen molar-refractivity contribution >= 4 is 11.9 Å². The summed E-state index contributed by atoms with van der Waals surface area (Å²) in [6.07, 6.45) is 4.15. The minimum Gasteiger partial charge on any atom is -0.311 e. The highest BCUT2D eigenvalue weighted by Gasteiger charge is 2.55. The smallest absolute Gasteiger partial charge is 0.311 e. The molecule has 1 aliphatic heterocycles. The Labute approximate surface area is 90.5 Å². The maximum atomic E-state index is 11.8. The molecule has 1 saturated heterocycles. The first kappa shape index (κ1) is 10.5. The van der Waals surface area contributed by atoms with Gasteiger partial charge in [0.05, 0.1) is 0 Å². The van der Waals surface area contributed by atoms with Gasteiger partial charge < -0.3 is 4.90 Å². The highest BCUT2D eigenvalue weighted by molar-refractivity contribution is 6.08. The molecular weight excluding hydrogens is 190 g/mol. The van der Waals surface area contributed by atoms with Gasteiger partial charge in [-0.05, 0) is 25.2 Å². The highest BCUT2D eigenvalue weighted by Crippen LogP contribution is 2.43. The summed E-state index contributed by atoms with van der Waals surface area (Å²) in [7, 11) is 0. The maximum Gasteiger partial charge on any atom is 0.323 e. The number of nitrogens with zero attached hydrogens (tertiary/aromatic N) is 1. The summed E-state index contributed by atoms with van der Waals surface area (Å²) in [4.78, 5) is 13.6. The highest BCUT2D eigenvalue weighted by atomic mass is 16.2. The van der Waals surface area contributed by atoms with Gasteiger partial charge in [0.1, 0.15) is 11.4 Å². The van der Waals surface area contributed by atoms with E-state index in [-0.39, 0.29) is 11.6 Å². The molecule has 2 atom stereocenters. The van der Waals surface area contributed by atoms with E-state index in [2.05, 4.69) is 19.2 Å². The zero-order valence-electron chi connectivity index (χ0n) is 9.47. The molecule has 0 aromatic carbocycles. The molecule has 2 amide bonds. The molecule has 1 heterocycles. The third kappa shape index (κ3) is 1.27. The Bertz CT molecular complexity index is 302. The van der Waals surface area contributed by atoms with Crippen molar-refractivity contribution in [1.82, 2.24) is 10.2 Å². The fraction of sp³-hybridized carbons (Fsp3) is 0.818. The molecule has 0 aromatic heterocycles. The van der Waals surface area contributed by atoms with Crippen molar-refractivity contribution in [3.63, 3.8) is 0 Å². The van der Waals surface area contributed by atoms with Crippen LogP contribution in [0.25, 0.3) is 0 Å². The summed E-state index contributed by atoms with van der Waals surface area (Å²) >= 11 is 0. The van der Waals surface area contributed by atoms with Crippen molar-refractivity contribution in [3.05, 3.63) is 0 Å². The second-order valence-corrected chi connectivity index (χ2v) is 4.67.